The summed E-state index contributed by atoms with van der Waals surface area (Å²) in [5.41, 5.74) is 3.70. The molecule has 2 amide bonds. The second-order valence-corrected chi connectivity index (χ2v) is 5.37. The number of hydrazone groups is 1. The molecule has 0 fully saturated rings. The van der Waals surface area contributed by atoms with E-state index in [-0.39, 0.29) is 0 Å². The molecule has 0 atom stereocenters. The molecule has 0 unspecified atom stereocenters. The Morgan fingerprint density at radius 3 is 2.35 bits per heavy atom. The molecule has 2 aromatic carbocycles. The van der Waals surface area contributed by atoms with Crippen LogP contribution in [0.5, 0.6) is 0 Å². The lowest BCUT2D eigenvalue weighted by atomic mass is 10.2. The Kier molecular flexibility index (Phi) is 6.26. The maximum Gasteiger partial charge on any atom is 0.329 e. The van der Waals surface area contributed by atoms with Crippen LogP contribution in [0.4, 0.5) is 5.69 Å². The predicted molar refractivity (Wildman–Crippen MR) is 94.9 cm³/mol. The first-order valence-electron chi connectivity index (χ1n) is 6.77. The fraction of sp³-hybridized carbons (Fsp3) is 0. The number of nitrogens with one attached hydrogen (secondary N) is 2. The van der Waals surface area contributed by atoms with Gasteiger partial charge in [0, 0.05) is 16.4 Å². The van der Waals surface area contributed by atoms with E-state index in [1.807, 2.05) is 36.4 Å². The lowest BCUT2D eigenvalue weighted by Gasteiger charge is -2.03. The molecule has 23 heavy (non-hydrogen) atoms. The summed E-state index contributed by atoms with van der Waals surface area (Å²) >= 11 is 3.29. The van der Waals surface area contributed by atoms with Crippen LogP contribution in [0.2, 0.25) is 0 Å². The Bertz CT molecular complexity index is 725. The molecule has 0 aliphatic carbocycles. The molecule has 0 saturated carbocycles. The summed E-state index contributed by atoms with van der Waals surface area (Å²) in [7, 11) is 0. The van der Waals surface area contributed by atoms with E-state index < -0.39 is 11.8 Å². The Balaban J connectivity index is 1.79. The standard InChI is InChI=1S/C17H14BrN3O2/c18-14-8-10-15(11-9-14)20-16(22)17(23)21-19-12-4-7-13-5-2-1-3-6-13/h1-12H,(H,20,22)(H,21,23)/b7-4+,19-12-. The van der Waals surface area contributed by atoms with Crippen LogP contribution in [0.25, 0.3) is 6.08 Å². The van der Waals surface area contributed by atoms with Crippen LogP contribution in [-0.2, 0) is 9.59 Å². The Morgan fingerprint density at radius 1 is 0.957 bits per heavy atom. The molecule has 0 saturated heterocycles. The van der Waals surface area contributed by atoms with Gasteiger partial charge in [0.2, 0.25) is 0 Å². The minimum atomic E-state index is -0.836. The largest absolute Gasteiger partial charge is 0.329 e. The van der Waals surface area contributed by atoms with Crippen LogP contribution >= 0.6 is 15.9 Å². The highest BCUT2D eigenvalue weighted by atomic mass is 79.9. The molecule has 0 heterocycles. The minimum Gasteiger partial charge on any atom is -0.318 e. The first-order valence-corrected chi connectivity index (χ1v) is 7.56. The number of hydrogen-bond acceptors (Lipinski definition) is 3. The molecule has 2 rings (SSSR count). The van der Waals surface area contributed by atoms with Crippen molar-refractivity contribution in [1.29, 1.82) is 0 Å². The monoisotopic (exact) mass is 371 g/mol. The van der Waals surface area contributed by atoms with E-state index in [1.54, 1.807) is 30.3 Å². The van der Waals surface area contributed by atoms with Gasteiger partial charge in [-0.15, -0.1) is 0 Å². The van der Waals surface area contributed by atoms with Crippen LogP contribution in [0.15, 0.2) is 70.2 Å². The molecule has 0 spiro atoms. The van der Waals surface area contributed by atoms with Crippen molar-refractivity contribution >= 4 is 45.7 Å². The summed E-state index contributed by atoms with van der Waals surface area (Å²) in [6.07, 6.45) is 4.90. The van der Waals surface area contributed by atoms with Gasteiger partial charge >= 0.3 is 11.8 Å². The third-order valence-electron chi connectivity index (χ3n) is 2.72. The molecule has 0 aliphatic heterocycles. The van der Waals surface area contributed by atoms with E-state index in [9.17, 15) is 9.59 Å². The normalized spacial score (nSPS) is 10.8. The molecular formula is C17H14BrN3O2. The van der Waals surface area contributed by atoms with Crippen molar-refractivity contribution in [3.05, 3.63) is 70.7 Å². The van der Waals surface area contributed by atoms with E-state index in [4.69, 9.17) is 0 Å². The molecule has 0 aromatic heterocycles. The molecule has 5 nitrogen and oxygen atoms in total. The van der Waals surface area contributed by atoms with Crippen LogP contribution in [0, 0.1) is 0 Å². The number of halogens is 1. The first-order chi connectivity index (χ1) is 11.1. The number of anilines is 1. The summed E-state index contributed by atoms with van der Waals surface area (Å²) in [5.74, 6) is -1.62. The maximum atomic E-state index is 11.7. The van der Waals surface area contributed by atoms with Crippen LogP contribution in [0.1, 0.15) is 5.56 Å². The number of carbonyl (C=O) groups is 2. The van der Waals surface area contributed by atoms with Crippen molar-refractivity contribution in [2.75, 3.05) is 5.32 Å². The van der Waals surface area contributed by atoms with Gasteiger partial charge in [-0.2, -0.15) is 5.10 Å². The topological polar surface area (TPSA) is 70.6 Å². The zero-order chi connectivity index (χ0) is 16.5. The van der Waals surface area contributed by atoms with Gasteiger partial charge in [0.05, 0.1) is 0 Å². The van der Waals surface area contributed by atoms with Gasteiger partial charge in [0.15, 0.2) is 0 Å². The Morgan fingerprint density at radius 2 is 1.65 bits per heavy atom. The predicted octanol–water partition coefficient (Wildman–Crippen LogP) is 3.20. The summed E-state index contributed by atoms with van der Waals surface area (Å²) in [6.45, 7) is 0. The summed E-state index contributed by atoms with van der Waals surface area (Å²) in [6, 6.07) is 16.5. The Hall–Kier alpha value is -2.73. The molecule has 116 valence electrons. The second-order valence-electron chi connectivity index (χ2n) is 4.45. The number of benzene rings is 2. The van der Waals surface area contributed by atoms with Crippen molar-refractivity contribution in [1.82, 2.24) is 5.43 Å². The molecule has 6 heteroatoms. The summed E-state index contributed by atoms with van der Waals surface area (Å²) < 4.78 is 0.884. The molecular weight excluding hydrogens is 358 g/mol. The van der Waals surface area contributed by atoms with E-state index in [2.05, 4.69) is 31.8 Å². The van der Waals surface area contributed by atoms with E-state index in [1.165, 1.54) is 6.21 Å². The van der Waals surface area contributed by atoms with Gasteiger partial charge in [-0.1, -0.05) is 52.3 Å². The van der Waals surface area contributed by atoms with Crippen LogP contribution in [0.3, 0.4) is 0 Å². The number of carbonyl (C=O) groups excluding carboxylic acids is 2. The highest BCUT2D eigenvalue weighted by Crippen LogP contribution is 2.13. The average Bonchev–Trinajstić information content (AvgIpc) is 2.57. The first kappa shape index (κ1) is 16.6. The van der Waals surface area contributed by atoms with Crippen molar-refractivity contribution in [2.24, 2.45) is 5.10 Å². The van der Waals surface area contributed by atoms with E-state index in [0.29, 0.717) is 5.69 Å². The van der Waals surface area contributed by atoms with Gasteiger partial charge in [-0.05, 0) is 35.9 Å². The third kappa shape index (κ3) is 5.88. The van der Waals surface area contributed by atoms with E-state index >= 15 is 0 Å². The molecule has 0 radical (unpaired) electrons. The highest BCUT2D eigenvalue weighted by molar-refractivity contribution is 9.10. The molecule has 0 aliphatic rings. The van der Waals surface area contributed by atoms with Crippen molar-refractivity contribution in [3.8, 4) is 0 Å². The van der Waals surface area contributed by atoms with Crippen LogP contribution < -0.4 is 10.7 Å². The van der Waals surface area contributed by atoms with Crippen molar-refractivity contribution < 1.29 is 9.59 Å². The van der Waals surface area contributed by atoms with Gasteiger partial charge in [-0.25, -0.2) is 5.43 Å². The van der Waals surface area contributed by atoms with Crippen molar-refractivity contribution in [2.45, 2.75) is 0 Å². The highest BCUT2D eigenvalue weighted by Gasteiger charge is 2.12. The zero-order valence-corrected chi connectivity index (χ0v) is 13.7. The van der Waals surface area contributed by atoms with Crippen molar-refractivity contribution in [3.63, 3.8) is 0 Å². The maximum absolute atomic E-state index is 11.7. The molecule has 0 bridgehead atoms. The zero-order valence-electron chi connectivity index (χ0n) is 12.1. The minimum absolute atomic E-state index is 0.529. The summed E-state index contributed by atoms with van der Waals surface area (Å²) in [5, 5.41) is 6.16. The number of allylic oxidation sites excluding steroid dienone is 1. The number of hydrogen-bond donors (Lipinski definition) is 2. The fourth-order valence-electron chi connectivity index (χ4n) is 1.63. The van der Waals surface area contributed by atoms with Gasteiger partial charge in [0.1, 0.15) is 0 Å². The SMILES string of the molecule is O=C(N/N=C\C=C\c1ccccc1)C(=O)Nc1ccc(Br)cc1. The third-order valence-corrected chi connectivity index (χ3v) is 3.25. The molecule has 2 aromatic rings. The lowest BCUT2D eigenvalue weighted by Crippen LogP contribution is -2.32. The second kappa shape index (κ2) is 8.65. The van der Waals surface area contributed by atoms with E-state index in [0.717, 1.165) is 10.0 Å². The van der Waals surface area contributed by atoms with Crippen LogP contribution in [-0.4, -0.2) is 18.0 Å². The number of rotatable bonds is 4. The fourth-order valence-corrected chi connectivity index (χ4v) is 1.89. The summed E-state index contributed by atoms with van der Waals surface area (Å²) in [4.78, 5) is 23.2. The quantitative estimate of drug-likeness (QED) is 0.492. The Labute approximate surface area is 142 Å². The smallest absolute Gasteiger partial charge is 0.318 e. The number of amides is 2. The number of nitrogens with zero attached hydrogens (tertiary/aromatic N) is 1. The van der Waals surface area contributed by atoms with Gasteiger partial charge in [0.25, 0.3) is 0 Å². The van der Waals surface area contributed by atoms with Gasteiger partial charge in [-0.3, -0.25) is 9.59 Å². The molecule has 2 N–H and O–H groups in total. The average molecular weight is 372 g/mol. The lowest BCUT2D eigenvalue weighted by molar-refractivity contribution is -0.136. The van der Waals surface area contributed by atoms with Gasteiger partial charge < -0.3 is 5.32 Å².